The van der Waals surface area contributed by atoms with Crippen molar-refractivity contribution in [2.24, 2.45) is 0 Å². The van der Waals surface area contributed by atoms with E-state index in [1.165, 1.54) is 0 Å². The molecule has 0 saturated carbocycles. The van der Waals surface area contributed by atoms with Crippen molar-refractivity contribution in [2.75, 3.05) is 85.8 Å². The molecule has 11 heteroatoms. The van der Waals surface area contributed by atoms with Crippen LogP contribution in [0.5, 0.6) is 0 Å². The van der Waals surface area contributed by atoms with Crippen LogP contribution in [0.25, 0.3) is 0 Å². The monoisotopic (exact) mass is 462 g/mol. The maximum Gasteiger partial charge on any atom is 0.222 e. The number of carbonyl (C=O) groups excluding carboxylic acids is 2. The van der Waals surface area contributed by atoms with E-state index in [9.17, 15) is 9.59 Å². The van der Waals surface area contributed by atoms with Crippen LogP contribution in [0.4, 0.5) is 0 Å². The first kappa shape index (κ1) is 26.9. The van der Waals surface area contributed by atoms with Crippen molar-refractivity contribution in [3.63, 3.8) is 0 Å². The van der Waals surface area contributed by atoms with Crippen LogP contribution in [0.15, 0.2) is 0 Å². The molecule has 0 spiro atoms. The molecule has 2 rings (SSSR count). The third-order valence-corrected chi connectivity index (χ3v) is 4.52. The van der Waals surface area contributed by atoms with Crippen LogP contribution in [0.1, 0.15) is 19.8 Å². The van der Waals surface area contributed by atoms with E-state index in [1.807, 2.05) is 6.92 Å². The van der Waals surface area contributed by atoms with Gasteiger partial charge in [0.25, 0.3) is 0 Å². The van der Waals surface area contributed by atoms with Crippen molar-refractivity contribution < 1.29 is 42.7 Å². The number of rotatable bonds is 22. The van der Waals surface area contributed by atoms with Gasteiger partial charge >= 0.3 is 0 Å². The Morgan fingerprint density at radius 1 is 0.812 bits per heavy atom. The van der Waals surface area contributed by atoms with E-state index in [0.29, 0.717) is 52.7 Å². The van der Waals surface area contributed by atoms with E-state index in [0.717, 1.165) is 13.2 Å². The zero-order valence-corrected chi connectivity index (χ0v) is 19.0. The molecule has 0 aromatic heterocycles. The summed E-state index contributed by atoms with van der Waals surface area (Å²) in [6, 6.07) is 0. The van der Waals surface area contributed by atoms with Crippen molar-refractivity contribution in [3.8, 4) is 0 Å². The summed E-state index contributed by atoms with van der Waals surface area (Å²) < 4.78 is 37.5. The highest BCUT2D eigenvalue weighted by Gasteiger charge is 2.22. The molecule has 32 heavy (non-hydrogen) atoms. The SMILES string of the molecule is CCOCC(COCCC(=O)NCCOCC1CO1)OCCC(=O)NCCOCC1CO1. The largest absolute Gasteiger partial charge is 0.379 e. The van der Waals surface area contributed by atoms with Crippen molar-refractivity contribution in [1.82, 2.24) is 10.6 Å². The molecule has 11 nitrogen and oxygen atoms in total. The van der Waals surface area contributed by atoms with Crippen LogP contribution in [0.3, 0.4) is 0 Å². The van der Waals surface area contributed by atoms with Gasteiger partial charge in [0.1, 0.15) is 18.3 Å². The Kier molecular flexibility index (Phi) is 14.4. The lowest BCUT2D eigenvalue weighted by Crippen LogP contribution is -2.31. The standard InChI is InChI=1S/C21H38N2O9/c1-2-26-11-17(30-8-4-21(25)23-6-10-29-14-19-16-32-19)12-27-7-3-20(24)22-5-9-28-13-18-15-31-18/h17-19H,2-16H2,1H3,(H,22,24)(H,23,25). The average Bonchev–Trinajstić information content (AvgIpc) is 3.69. The Morgan fingerprint density at radius 2 is 1.34 bits per heavy atom. The molecule has 2 saturated heterocycles. The molecule has 2 heterocycles. The third kappa shape index (κ3) is 15.5. The maximum atomic E-state index is 11.9. The zero-order valence-electron chi connectivity index (χ0n) is 19.0. The molecule has 2 fully saturated rings. The Hall–Kier alpha value is -1.34. The van der Waals surface area contributed by atoms with Crippen LogP contribution >= 0.6 is 0 Å². The molecule has 2 aliphatic rings. The summed E-state index contributed by atoms with van der Waals surface area (Å²) in [7, 11) is 0. The number of amides is 2. The van der Waals surface area contributed by atoms with E-state index in [1.54, 1.807) is 0 Å². The van der Waals surface area contributed by atoms with Crippen molar-refractivity contribution in [1.29, 1.82) is 0 Å². The van der Waals surface area contributed by atoms with Gasteiger partial charge < -0.3 is 43.8 Å². The summed E-state index contributed by atoms with van der Waals surface area (Å²) in [5, 5.41) is 5.56. The summed E-state index contributed by atoms with van der Waals surface area (Å²) in [5.74, 6) is -0.193. The van der Waals surface area contributed by atoms with Gasteiger partial charge in [-0.25, -0.2) is 0 Å². The van der Waals surface area contributed by atoms with Crippen molar-refractivity contribution >= 4 is 11.8 Å². The van der Waals surface area contributed by atoms with E-state index < -0.39 is 0 Å². The van der Waals surface area contributed by atoms with Gasteiger partial charge in [-0.05, 0) is 6.92 Å². The van der Waals surface area contributed by atoms with E-state index >= 15 is 0 Å². The fourth-order valence-corrected chi connectivity index (χ4v) is 2.55. The average molecular weight is 463 g/mol. The maximum absolute atomic E-state index is 11.9. The van der Waals surface area contributed by atoms with Crippen LogP contribution in [-0.2, 0) is 42.7 Å². The molecule has 0 radical (unpaired) electrons. The Balaban J connectivity index is 1.43. The van der Waals surface area contributed by atoms with Gasteiger partial charge in [-0.3, -0.25) is 9.59 Å². The molecule has 3 unspecified atom stereocenters. The molecule has 0 aliphatic carbocycles. The second-order valence-electron chi connectivity index (χ2n) is 7.49. The van der Waals surface area contributed by atoms with Gasteiger partial charge in [0.15, 0.2) is 0 Å². The van der Waals surface area contributed by atoms with E-state index in [-0.39, 0.29) is 62.8 Å². The third-order valence-electron chi connectivity index (χ3n) is 4.52. The van der Waals surface area contributed by atoms with Crippen molar-refractivity contribution in [2.45, 2.75) is 38.1 Å². The predicted octanol–water partition coefficient (Wildman–Crippen LogP) is -0.732. The van der Waals surface area contributed by atoms with Gasteiger partial charge in [-0.1, -0.05) is 0 Å². The lowest BCUT2D eigenvalue weighted by atomic mass is 10.3. The minimum absolute atomic E-state index is 0.0937. The van der Waals surface area contributed by atoms with Crippen LogP contribution in [0.2, 0.25) is 0 Å². The van der Waals surface area contributed by atoms with Crippen LogP contribution in [-0.4, -0.2) is 116 Å². The molecule has 2 amide bonds. The number of carbonyl (C=O) groups is 2. The Labute approximate surface area is 189 Å². The molecule has 2 N–H and O–H groups in total. The predicted molar refractivity (Wildman–Crippen MR) is 113 cm³/mol. The van der Waals surface area contributed by atoms with Gasteiger partial charge in [0.05, 0.1) is 66.1 Å². The molecule has 2 aliphatic heterocycles. The minimum atomic E-state index is -0.300. The summed E-state index contributed by atoms with van der Waals surface area (Å²) in [5.41, 5.74) is 0. The number of hydrogen-bond acceptors (Lipinski definition) is 9. The molecule has 0 aromatic carbocycles. The highest BCUT2D eigenvalue weighted by Crippen LogP contribution is 2.08. The summed E-state index contributed by atoms with van der Waals surface area (Å²) in [6.07, 6.45) is 0.652. The van der Waals surface area contributed by atoms with E-state index in [2.05, 4.69) is 10.6 Å². The van der Waals surface area contributed by atoms with Gasteiger partial charge in [-0.15, -0.1) is 0 Å². The first-order valence-corrected chi connectivity index (χ1v) is 11.4. The number of hydrogen-bond donors (Lipinski definition) is 2. The number of ether oxygens (including phenoxy) is 7. The second-order valence-corrected chi connectivity index (χ2v) is 7.49. The van der Waals surface area contributed by atoms with Gasteiger partial charge in [-0.2, -0.15) is 0 Å². The lowest BCUT2D eigenvalue weighted by molar-refractivity contribution is -0.125. The minimum Gasteiger partial charge on any atom is -0.379 e. The fourth-order valence-electron chi connectivity index (χ4n) is 2.55. The van der Waals surface area contributed by atoms with Crippen LogP contribution < -0.4 is 10.6 Å². The first-order chi connectivity index (χ1) is 15.7. The fraction of sp³-hybridized carbons (Fsp3) is 0.905. The molecule has 3 atom stereocenters. The van der Waals surface area contributed by atoms with Crippen LogP contribution in [0, 0.1) is 0 Å². The lowest BCUT2D eigenvalue weighted by Gasteiger charge is -2.18. The van der Waals surface area contributed by atoms with E-state index in [4.69, 9.17) is 33.2 Å². The van der Waals surface area contributed by atoms with Gasteiger partial charge in [0.2, 0.25) is 11.8 Å². The quantitative estimate of drug-likeness (QED) is 0.158. The summed E-state index contributed by atoms with van der Waals surface area (Å²) in [4.78, 5) is 23.6. The number of epoxide rings is 2. The summed E-state index contributed by atoms with van der Waals surface area (Å²) in [6.45, 7) is 8.17. The second kappa shape index (κ2) is 17.2. The normalized spacial score (nSPS) is 20.0. The highest BCUT2D eigenvalue weighted by molar-refractivity contribution is 5.76. The summed E-state index contributed by atoms with van der Waals surface area (Å²) >= 11 is 0. The molecule has 0 bridgehead atoms. The number of nitrogens with one attached hydrogen (secondary N) is 2. The van der Waals surface area contributed by atoms with Gasteiger partial charge in [0, 0.05) is 32.5 Å². The molecular weight excluding hydrogens is 424 g/mol. The first-order valence-electron chi connectivity index (χ1n) is 11.4. The van der Waals surface area contributed by atoms with Crippen molar-refractivity contribution in [3.05, 3.63) is 0 Å². The highest BCUT2D eigenvalue weighted by atomic mass is 16.6. The molecular formula is C21H38N2O9. The molecule has 0 aromatic rings. The smallest absolute Gasteiger partial charge is 0.222 e. The zero-order chi connectivity index (χ0) is 22.9. The molecule has 186 valence electrons. The Bertz CT molecular complexity index is 515. The Morgan fingerprint density at radius 3 is 1.88 bits per heavy atom. The topological polar surface area (TPSA) is 129 Å².